The third-order valence-electron chi connectivity index (χ3n) is 5.41. The molecule has 150 valence electrons. The van der Waals surface area contributed by atoms with Gasteiger partial charge in [0.25, 0.3) is 11.8 Å². The minimum atomic E-state index is -0.638. The summed E-state index contributed by atoms with van der Waals surface area (Å²) in [5.74, 6) is 0.506. The average Bonchev–Trinajstić information content (AvgIpc) is 2.99. The van der Waals surface area contributed by atoms with E-state index in [9.17, 15) is 9.59 Å². The first-order valence-corrected chi connectivity index (χ1v) is 10.6. The van der Waals surface area contributed by atoms with Crippen LogP contribution >= 0.6 is 11.3 Å². The molecule has 1 aliphatic rings. The number of aryl methyl sites for hydroxylation is 2. The predicted octanol–water partition coefficient (Wildman–Crippen LogP) is 4.38. The fraction of sp³-hybridized carbons (Fsp3) is 0.455. The predicted molar refractivity (Wildman–Crippen MR) is 113 cm³/mol. The minimum Gasteiger partial charge on any atom is -0.481 e. The molecule has 28 heavy (non-hydrogen) atoms. The van der Waals surface area contributed by atoms with Crippen LogP contribution in [-0.4, -0.2) is 17.9 Å². The maximum Gasteiger partial charge on any atom is 0.266 e. The number of hydrogen-bond acceptors (Lipinski definition) is 4. The molecular weight excluding hydrogens is 372 g/mol. The zero-order chi connectivity index (χ0) is 20.4. The largest absolute Gasteiger partial charge is 0.481 e. The van der Waals surface area contributed by atoms with Crippen LogP contribution in [0, 0.1) is 19.8 Å². The highest BCUT2D eigenvalue weighted by atomic mass is 32.1. The summed E-state index contributed by atoms with van der Waals surface area (Å²) in [4.78, 5) is 26.1. The second-order valence-corrected chi connectivity index (χ2v) is 8.78. The van der Waals surface area contributed by atoms with Crippen LogP contribution in [0.5, 0.6) is 5.75 Å². The Morgan fingerprint density at radius 2 is 2.07 bits per heavy atom. The Bertz CT molecular complexity index is 903. The SMILES string of the molecule is CC[C@H](Oc1ccc(C)c(C)c1)C(=O)Nc1sc2c(c1C(N)=O)CC[C@@H](C)C2. The van der Waals surface area contributed by atoms with E-state index in [1.165, 1.54) is 16.9 Å². The Hall–Kier alpha value is -2.34. The summed E-state index contributed by atoms with van der Waals surface area (Å²) in [6.45, 7) is 8.16. The number of primary amides is 1. The van der Waals surface area contributed by atoms with E-state index >= 15 is 0 Å². The molecule has 1 aromatic carbocycles. The number of fused-ring (bicyclic) bond motifs is 1. The molecule has 2 aromatic rings. The van der Waals surface area contributed by atoms with Crippen molar-refractivity contribution >= 4 is 28.2 Å². The molecule has 0 saturated heterocycles. The maximum absolute atomic E-state index is 12.9. The third kappa shape index (κ3) is 4.22. The van der Waals surface area contributed by atoms with Crippen molar-refractivity contribution in [3.8, 4) is 5.75 Å². The van der Waals surface area contributed by atoms with E-state index in [-0.39, 0.29) is 5.91 Å². The molecule has 0 aliphatic heterocycles. The molecule has 0 fully saturated rings. The van der Waals surface area contributed by atoms with Crippen LogP contribution < -0.4 is 15.8 Å². The minimum absolute atomic E-state index is 0.255. The van der Waals surface area contributed by atoms with Gasteiger partial charge in [-0.1, -0.05) is 19.9 Å². The lowest BCUT2D eigenvalue weighted by Crippen LogP contribution is -2.32. The molecular formula is C22H28N2O3S. The van der Waals surface area contributed by atoms with Gasteiger partial charge in [0.05, 0.1) is 5.56 Å². The van der Waals surface area contributed by atoms with Crippen molar-refractivity contribution in [3.63, 3.8) is 0 Å². The molecule has 1 heterocycles. The van der Waals surface area contributed by atoms with Gasteiger partial charge in [0.15, 0.2) is 6.10 Å². The van der Waals surface area contributed by atoms with E-state index in [4.69, 9.17) is 10.5 Å². The van der Waals surface area contributed by atoms with Gasteiger partial charge in [-0.2, -0.15) is 0 Å². The van der Waals surface area contributed by atoms with Gasteiger partial charge >= 0.3 is 0 Å². The Morgan fingerprint density at radius 1 is 1.32 bits per heavy atom. The van der Waals surface area contributed by atoms with E-state index < -0.39 is 12.0 Å². The molecule has 0 spiro atoms. The molecule has 3 N–H and O–H groups in total. The van der Waals surface area contributed by atoms with E-state index in [1.807, 2.05) is 39.0 Å². The Balaban J connectivity index is 1.80. The van der Waals surface area contributed by atoms with Gasteiger partial charge in [0.1, 0.15) is 10.8 Å². The molecule has 0 radical (unpaired) electrons. The molecule has 0 saturated carbocycles. The van der Waals surface area contributed by atoms with E-state index in [0.29, 0.717) is 28.7 Å². The Labute approximate surface area is 170 Å². The summed E-state index contributed by atoms with van der Waals surface area (Å²) in [7, 11) is 0. The highest BCUT2D eigenvalue weighted by Gasteiger charge is 2.29. The fourth-order valence-corrected chi connectivity index (χ4v) is 4.98. The van der Waals surface area contributed by atoms with Crippen molar-refractivity contribution in [2.75, 3.05) is 5.32 Å². The zero-order valence-corrected chi connectivity index (χ0v) is 17.7. The molecule has 1 aromatic heterocycles. The molecule has 1 aliphatic carbocycles. The maximum atomic E-state index is 12.9. The van der Waals surface area contributed by atoms with Crippen molar-refractivity contribution < 1.29 is 14.3 Å². The standard InChI is InChI=1S/C22H28N2O3S/c1-5-17(27-15-8-7-13(3)14(4)11-15)21(26)24-22-19(20(23)25)16-9-6-12(2)10-18(16)28-22/h7-8,11-12,17H,5-6,9-10H2,1-4H3,(H2,23,25)(H,24,26)/t12-,17+/m1/s1. The molecule has 6 heteroatoms. The molecule has 0 bridgehead atoms. The number of hydrogen-bond donors (Lipinski definition) is 2. The fourth-order valence-electron chi connectivity index (χ4n) is 3.57. The van der Waals surface area contributed by atoms with Crippen LogP contribution in [0.25, 0.3) is 0 Å². The second kappa shape index (κ2) is 8.35. The number of nitrogens with two attached hydrogens (primary N) is 1. The Morgan fingerprint density at radius 3 is 2.71 bits per heavy atom. The van der Waals surface area contributed by atoms with Crippen molar-refractivity contribution in [1.82, 2.24) is 0 Å². The van der Waals surface area contributed by atoms with Gasteiger partial charge in [0, 0.05) is 4.88 Å². The van der Waals surface area contributed by atoms with Gasteiger partial charge in [-0.15, -0.1) is 11.3 Å². The molecule has 3 rings (SSSR count). The van der Waals surface area contributed by atoms with Crippen LogP contribution in [0.3, 0.4) is 0 Å². The monoisotopic (exact) mass is 400 g/mol. The van der Waals surface area contributed by atoms with Crippen molar-refractivity contribution in [2.45, 2.75) is 59.5 Å². The lowest BCUT2D eigenvalue weighted by atomic mass is 9.88. The van der Waals surface area contributed by atoms with Crippen molar-refractivity contribution in [3.05, 3.63) is 45.3 Å². The molecule has 5 nitrogen and oxygen atoms in total. The summed E-state index contributed by atoms with van der Waals surface area (Å²) in [5, 5.41) is 3.47. The third-order valence-corrected chi connectivity index (χ3v) is 6.58. The average molecular weight is 401 g/mol. The number of thiophene rings is 1. The van der Waals surface area contributed by atoms with Crippen molar-refractivity contribution in [1.29, 1.82) is 0 Å². The summed E-state index contributed by atoms with van der Waals surface area (Å²) >= 11 is 1.47. The van der Waals surface area contributed by atoms with E-state index in [2.05, 4.69) is 12.2 Å². The van der Waals surface area contributed by atoms with Gasteiger partial charge in [-0.25, -0.2) is 0 Å². The first-order chi connectivity index (χ1) is 13.3. The van der Waals surface area contributed by atoms with Crippen LogP contribution in [0.15, 0.2) is 18.2 Å². The first-order valence-electron chi connectivity index (χ1n) is 9.79. The number of nitrogens with one attached hydrogen (secondary N) is 1. The number of carbonyl (C=O) groups excluding carboxylic acids is 2. The smallest absolute Gasteiger partial charge is 0.266 e. The Kier molecular flexibility index (Phi) is 6.08. The van der Waals surface area contributed by atoms with Crippen molar-refractivity contribution in [2.24, 2.45) is 11.7 Å². The van der Waals surface area contributed by atoms with Crippen LogP contribution in [0.2, 0.25) is 0 Å². The highest BCUT2D eigenvalue weighted by Crippen LogP contribution is 2.39. The number of anilines is 1. The molecule has 2 atom stereocenters. The quantitative estimate of drug-likeness (QED) is 0.755. The van der Waals surface area contributed by atoms with Gasteiger partial charge in [-0.05, 0) is 74.3 Å². The number of ether oxygens (including phenoxy) is 1. The summed E-state index contributed by atoms with van der Waals surface area (Å²) in [6, 6.07) is 5.79. The van der Waals surface area contributed by atoms with Crippen LogP contribution in [-0.2, 0) is 17.6 Å². The van der Waals surface area contributed by atoms with Crippen LogP contribution in [0.4, 0.5) is 5.00 Å². The summed E-state index contributed by atoms with van der Waals surface area (Å²) < 4.78 is 5.93. The normalized spacial score (nSPS) is 16.9. The number of benzene rings is 1. The highest BCUT2D eigenvalue weighted by molar-refractivity contribution is 7.17. The van der Waals surface area contributed by atoms with Gasteiger partial charge in [-0.3, -0.25) is 9.59 Å². The summed E-state index contributed by atoms with van der Waals surface area (Å²) in [5.41, 5.74) is 9.41. The first kappa shape index (κ1) is 20.4. The topological polar surface area (TPSA) is 81.4 Å². The van der Waals surface area contributed by atoms with E-state index in [0.717, 1.165) is 35.3 Å². The van der Waals surface area contributed by atoms with E-state index in [1.54, 1.807) is 0 Å². The zero-order valence-electron chi connectivity index (χ0n) is 16.9. The lowest BCUT2D eigenvalue weighted by Gasteiger charge is -2.18. The second-order valence-electron chi connectivity index (χ2n) is 7.67. The number of amides is 2. The summed E-state index contributed by atoms with van der Waals surface area (Å²) in [6.07, 6.45) is 2.67. The molecule has 0 unspecified atom stereocenters. The van der Waals surface area contributed by atoms with Crippen LogP contribution in [0.1, 0.15) is 58.6 Å². The number of carbonyl (C=O) groups is 2. The lowest BCUT2D eigenvalue weighted by molar-refractivity contribution is -0.122. The van der Waals surface area contributed by atoms with Gasteiger partial charge < -0.3 is 15.8 Å². The molecule has 2 amide bonds. The number of rotatable bonds is 6. The van der Waals surface area contributed by atoms with Gasteiger partial charge in [0.2, 0.25) is 0 Å².